The van der Waals surface area contributed by atoms with E-state index in [2.05, 4.69) is 10.3 Å². The van der Waals surface area contributed by atoms with Crippen LogP contribution in [0.5, 0.6) is 5.75 Å². The molecule has 22 heavy (non-hydrogen) atoms. The second-order valence-electron chi connectivity index (χ2n) is 4.95. The quantitative estimate of drug-likeness (QED) is 0.805. The summed E-state index contributed by atoms with van der Waals surface area (Å²) in [6.45, 7) is 6.29. The Morgan fingerprint density at radius 3 is 2.86 bits per heavy atom. The number of allylic oxidation sites excluding steroid dienone is 1. The van der Waals surface area contributed by atoms with Gasteiger partial charge in [0.2, 0.25) is 0 Å². The maximum absolute atomic E-state index is 12.1. The Morgan fingerprint density at radius 1 is 1.45 bits per heavy atom. The highest BCUT2D eigenvalue weighted by Gasteiger charge is 2.13. The molecule has 2 rings (SSSR count). The van der Waals surface area contributed by atoms with Crippen LogP contribution in [-0.2, 0) is 0 Å². The van der Waals surface area contributed by atoms with Gasteiger partial charge in [-0.15, -0.1) is 11.3 Å². The maximum Gasteiger partial charge on any atom is 0.275 e. The Labute approximate surface area is 138 Å². The summed E-state index contributed by atoms with van der Waals surface area (Å²) in [6.07, 6.45) is 1.96. The smallest absolute Gasteiger partial charge is 0.275 e. The second kappa shape index (κ2) is 7.42. The highest BCUT2D eigenvalue weighted by molar-refractivity contribution is 7.09. The monoisotopic (exact) mass is 336 g/mol. The van der Waals surface area contributed by atoms with Gasteiger partial charge in [-0.3, -0.25) is 4.79 Å². The van der Waals surface area contributed by atoms with Crippen LogP contribution in [0.3, 0.4) is 0 Å². The highest BCUT2D eigenvalue weighted by Crippen LogP contribution is 2.28. The van der Waals surface area contributed by atoms with E-state index in [4.69, 9.17) is 16.3 Å². The lowest BCUT2D eigenvalue weighted by molar-refractivity contribution is 0.102. The molecular weight excluding hydrogens is 320 g/mol. The zero-order valence-corrected chi connectivity index (χ0v) is 14.2. The summed E-state index contributed by atoms with van der Waals surface area (Å²) in [5.41, 5.74) is 3.88. The van der Waals surface area contributed by atoms with Crippen LogP contribution in [0.15, 0.2) is 35.4 Å². The fourth-order valence-electron chi connectivity index (χ4n) is 1.70. The number of carbonyl (C=O) groups excluding carboxylic acids is 1. The summed E-state index contributed by atoms with van der Waals surface area (Å²) in [7, 11) is 0. The third-order valence-corrected chi connectivity index (χ3v) is 3.95. The summed E-state index contributed by atoms with van der Waals surface area (Å²) < 4.78 is 5.61. The summed E-state index contributed by atoms with van der Waals surface area (Å²) >= 11 is 7.54. The first-order valence-electron chi connectivity index (χ1n) is 6.74. The molecule has 0 fully saturated rings. The number of hydrogen-bond donors (Lipinski definition) is 1. The van der Waals surface area contributed by atoms with Gasteiger partial charge in [0, 0.05) is 16.6 Å². The number of halogens is 1. The average Bonchev–Trinajstić information content (AvgIpc) is 2.88. The van der Waals surface area contributed by atoms with Crippen LogP contribution >= 0.6 is 22.9 Å². The molecule has 1 aromatic heterocycles. The molecule has 0 bridgehead atoms. The molecule has 1 amide bonds. The molecule has 0 unspecified atom stereocenters. The van der Waals surface area contributed by atoms with Crippen molar-refractivity contribution >= 4 is 34.5 Å². The molecule has 0 aliphatic rings. The maximum atomic E-state index is 12.1. The van der Waals surface area contributed by atoms with Crippen molar-refractivity contribution in [2.75, 3.05) is 11.9 Å². The van der Waals surface area contributed by atoms with E-state index in [9.17, 15) is 4.79 Å². The molecule has 0 radical (unpaired) electrons. The van der Waals surface area contributed by atoms with Crippen LogP contribution in [0.4, 0.5) is 5.69 Å². The largest absolute Gasteiger partial charge is 0.488 e. The SMILES string of the molecule is CC(C)=CCOc1cc(NC(=O)c2ncsc2C)ccc1Cl. The Kier molecular flexibility index (Phi) is 5.57. The molecule has 0 aliphatic heterocycles. The number of anilines is 1. The number of benzene rings is 1. The summed E-state index contributed by atoms with van der Waals surface area (Å²) in [5, 5.41) is 3.31. The van der Waals surface area contributed by atoms with Gasteiger partial charge in [-0.1, -0.05) is 17.2 Å². The van der Waals surface area contributed by atoms with Gasteiger partial charge in [-0.25, -0.2) is 4.98 Å². The van der Waals surface area contributed by atoms with E-state index in [0.717, 1.165) is 4.88 Å². The summed E-state index contributed by atoms with van der Waals surface area (Å²) in [6, 6.07) is 5.14. The number of amides is 1. The van der Waals surface area contributed by atoms with Crippen LogP contribution in [0.25, 0.3) is 0 Å². The van der Waals surface area contributed by atoms with E-state index in [-0.39, 0.29) is 5.91 Å². The number of carbonyl (C=O) groups is 1. The lowest BCUT2D eigenvalue weighted by Crippen LogP contribution is -2.13. The molecule has 116 valence electrons. The molecule has 0 atom stereocenters. The molecule has 1 N–H and O–H groups in total. The van der Waals surface area contributed by atoms with Crippen LogP contribution < -0.4 is 10.1 Å². The van der Waals surface area contributed by atoms with Crippen LogP contribution in [0.2, 0.25) is 5.02 Å². The van der Waals surface area contributed by atoms with Crippen molar-refractivity contribution in [2.24, 2.45) is 0 Å². The van der Waals surface area contributed by atoms with Crippen LogP contribution in [0, 0.1) is 6.92 Å². The van der Waals surface area contributed by atoms with Crippen molar-refractivity contribution in [1.82, 2.24) is 4.98 Å². The Hall–Kier alpha value is -1.85. The van der Waals surface area contributed by atoms with E-state index in [1.807, 2.05) is 26.8 Å². The van der Waals surface area contributed by atoms with Gasteiger partial charge < -0.3 is 10.1 Å². The predicted molar refractivity (Wildman–Crippen MR) is 91.2 cm³/mol. The predicted octanol–water partition coefficient (Wildman–Crippen LogP) is 4.70. The average molecular weight is 337 g/mol. The van der Waals surface area contributed by atoms with E-state index in [1.165, 1.54) is 16.9 Å². The number of nitrogens with zero attached hydrogens (tertiary/aromatic N) is 1. The number of thiazole rings is 1. The van der Waals surface area contributed by atoms with Crippen molar-refractivity contribution in [2.45, 2.75) is 20.8 Å². The first kappa shape index (κ1) is 16.5. The van der Waals surface area contributed by atoms with Gasteiger partial charge in [0.15, 0.2) is 0 Å². The number of ether oxygens (including phenoxy) is 1. The second-order valence-corrected chi connectivity index (χ2v) is 6.42. The lowest BCUT2D eigenvalue weighted by Gasteiger charge is -2.09. The number of nitrogens with one attached hydrogen (secondary N) is 1. The van der Waals surface area contributed by atoms with Crippen molar-refractivity contribution in [3.05, 3.63) is 51.0 Å². The van der Waals surface area contributed by atoms with Crippen molar-refractivity contribution in [3.8, 4) is 5.75 Å². The van der Waals surface area contributed by atoms with Crippen LogP contribution in [-0.4, -0.2) is 17.5 Å². The Balaban J connectivity index is 2.10. The minimum Gasteiger partial charge on any atom is -0.488 e. The molecule has 1 heterocycles. The molecule has 4 nitrogen and oxygen atoms in total. The van der Waals surface area contributed by atoms with E-state index >= 15 is 0 Å². The van der Waals surface area contributed by atoms with E-state index in [1.54, 1.807) is 23.7 Å². The minimum absolute atomic E-state index is 0.240. The van der Waals surface area contributed by atoms with Gasteiger partial charge in [-0.2, -0.15) is 0 Å². The fourth-order valence-corrected chi connectivity index (χ4v) is 2.45. The molecule has 0 aliphatic carbocycles. The molecule has 0 saturated heterocycles. The van der Waals surface area contributed by atoms with Crippen molar-refractivity contribution in [1.29, 1.82) is 0 Å². The summed E-state index contributed by atoms with van der Waals surface area (Å²) in [4.78, 5) is 17.1. The zero-order chi connectivity index (χ0) is 16.1. The molecule has 6 heteroatoms. The number of aromatic nitrogens is 1. The topological polar surface area (TPSA) is 51.2 Å². The standard InChI is InChI=1S/C16H17ClN2O2S/c1-10(2)6-7-21-14-8-12(4-5-13(14)17)19-16(20)15-11(3)22-9-18-15/h4-6,8-9H,7H2,1-3H3,(H,19,20). The van der Waals surface area contributed by atoms with Gasteiger partial charge in [-0.05, 0) is 39.0 Å². The molecule has 2 aromatic rings. The van der Waals surface area contributed by atoms with Crippen molar-refractivity contribution < 1.29 is 9.53 Å². The highest BCUT2D eigenvalue weighted by atomic mass is 35.5. The third-order valence-electron chi connectivity index (χ3n) is 2.88. The molecule has 0 saturated carbocycles. The first-order valence-corrected chi connectivity index (χ1v) is 8.00. The molecule has 1 aromatic carbocycles. The van der Waals surface area contributed by atoms with Gasteiger partial charge in [0.25, 0.3) is 5.91 Å². The Morgan fingerprint density at radius 2 is 2.23 bits per heavy atom. The molecule has 0 spiro atoms. The molecular formula is C16H17ClN2O2S. The van der Waals surface area contributed by atoms with Crippen LogP contribution in [0.1, 0.15) is 29.2 Å². The third kappa shape index (κ3) is 4.32. The Bertz CT molecular complexity index is 706. The van der Waals surface area contributed by atoms with E-state index in [0.29, 0.717) is 28.8 Å². The lowest BCUT2D eigenvalue weighted by atomic mass is 10.2. The van der Waals surface area contributed by atoms with Gasteiger partial charge >= 0.3 is 0 Å². The van der Waals surface area contributed by atoms with E-state index < -0.39 is 0 Å². The zero-order valence-electron chi connectivity index (χ0n) is 12.6. The number of rotatable bonds is 5. The van der Waals surface area contributed by atoms with Gasteiger partial charge in [0.1, 0.15) is 18.1 Å². The number of aryl methyl sites for hydroxylation is 1. The van der Waals surface area contributed by atoms with Crippen molar-refractivity contribution in [3.63, 3.8) is 0 Å². The number of hydrogen-bond acceptors (Lipinski definition) is 4. The summed E-state index contributed by atoms with van der Waals surface area (Å²) in [5.74, 6) is 0.295. The fraction of sp³-hybridized carbons (Fsp3) is 0.250. The first-order chi connectivity index (χ1) is 10.5. The van der Waals surface area contributed by atoms with Gasteiger partial charge in [0.05, 0.1) is 10.5 Å². The normalized spacial score (nSPS) is 10.2. The minimum atomic E-state index is -0.240.